The fraction of sp³-hybridized carbons (Fsp3) is 0.920. The van der Waals surface area contributed by atoms with Crippen LogP contribution in [0.5, 0.6) is 0 Å². The molecule has 180 valence electrons. The summed E-state index contributed by atoms with van der Waals surface area (Å²) in [6.45, 7) is 4.61. The van der Waals surface area contributed by atoms with Crippen LogP contribution in [0.3, 0.4) is 0 Å². The summed E-state index contributed by atoms with van der Waals surface area (Å²) >= 11 is 0. The van der Waals surface area contributed by atoms with Gasteiger partial charge in [0, 0.05) is 6.42 Å². The Balaban J connectivity index is 3.52. The molecule has 0 aliphatic carbocycles. The molecule has 0 aliphatic rings. The second kappa shape index (κ2) is 18.4. The molecule has 0 rings (SSSR count). The lowest BCUT2D eigenvalue weighted by Gasteiger charge is -2.35. The summed E-state index contributed by atoms with van der Waals surface area (Å²) in [5.74, 6) is -0.352. The first-order valence-corrected chi connectivity index (χ1v) is 14.3. The van der Waals surface area contributed by atoms with Crippen LogP contribution in [0, 0.1) is 0 Å². The van der Waals surface area contributed by atoms with Crippen molar-refractivity contribution in [3.8, 4) is 0 Å². The normalized spacial score (nSPS) is 15.5. The number of hydrogen-bond donors (Lipinski definition) is 1. The van der Waals surface area contributed by atoms with Gasteiger partial charge in [0.25, 0.3) is 0 Å². The van der Waals surface area contributed by atoms with E-state index in [4.69, 9.17) is 4.52 Å². The summed E-state index contributed by atoms with van der Waals surface area (Å²) in [6.07, 6.45) is 24.5. The van der Waals surface area contributed by atoms with Crippen LogP contribution >= 0.6 is 7.60 Å². The number of allylic oxidation sites excluding steroid dienone is 2. The van der Waals surface area contributed by atoms with Crippen molar-refractivity contribution in [3.05, 3.63) is 12.2 Å². The third-order valence-electron chi connectivity index (χ3n) is 5.82. The van der Waals surface area contributed by atoms with Crippen LogP contribution in [0.1, 0.15) is 117 Å². The van der Waals surface area contributed by atoms with E-state index in [-0.39, 0.29) is 5.78 Å². The van der Waals surface area contributed by atoms with Gasteiger partial charge in [-0.2, -0.15) is 0 Å². The van der Waals surface area contributed by atoms with E-state index >= 15 is 0 Å². The second-order valence-corrected chi connectivity index (χ2v) is 11.7. The van der Waals surface area contributed by atoms with Gasteiger partial charge in [-0.3, -0.25) is 4.57 Å². The van der Waals surface area contributed by atoms with E-state index in [9.17, 15) is 9.46 Å². The van der Waals surface area contributed by atoms with Crippen molar-refractivity contribution in [1.82, 2.24) is 0 Å². The lowest BCUT2D eigenvalue weighted by atomic mass is 10.1. The number of rotatable bonds is 21. The lowest BCUT2D eigenvalue weighted by molar-refractivity contribution is -0.883. The van der Waals surface area contributed by atoms with Gasteiger partial charge in [0.15, 0.2) is 5.78 Å². The topological polar surface area (TPSA) is 46.5 Å². The molecule has 1 N–H and O–H groups in total. The van der Waals surface area contributed by atoms with Crippen LogP contribution in [0.2, 0.25) is 0 Å². The highest BCUT2D eigenvalue weighted by atomic mass is 31.2. The Morgan fingerprint density at radius 2 is 1.20 bits per heavy atom. The predicted molar refractivity (Wildman–Crippen MR) is 132 cm³/mol. The number of hydrogen-bond acceptors (Lipinski definition) is 2. The van der Waals surface area contributed by atoms with E-state index in [2.05, 4.69) is 19.1 Å². The summed E-state index contributed by atoms with van der Waals surface area (Å²) in [6, 6.07) is 0. The van der Waals surface area contributed by atoms with E-state index in [1.165, 1.54) is 83.5 Å². The van der Waals surface area contributed by atoms with Gasteiger partial charge >= 0.3 is 7.60 Å². The lowest BCUT2D eigenvalue weighted by Crippen LogP contribution is -2.44. The first kappa shape index (κ1) is 29.9. The Kier molecular flexibility index (Phi) is 18.3. The van der Waals surface area contributed by atoms with E-state index in [0.717, 1.165) is 12.8 Å². The molecule has 5 heteroatoms. The summed E-state index contributed by atoms with van der Waals surface area (Å²) in [4.78, 5) is 10.3. The molecule has 2 unspecified atom stereocenters. The average molecular weight is 447 g/mol. The van der Waals surface area contributed by atoms with Crippen LogP contribution < -0.4 is 0 Å². The molecular weight excluding hydrogens is 393 g/mol. The molecule has 0 spiro atoms. The summed E-state index contributed by atoms with van der Waals surface area (Å²) < 4.78 is 18.3. The summed E-state index contributed by atoms with van der Waals surface area (Å²) in [5, 5.41) is 0. The Labute approximate surface area is 188 Å². The molecule has 2 atom stereocenters. The molecule has 0 aromatic heterocycles. The van der Waals surface area contributed by atoms with Crippen molar-refractivity contribution in [3.63, 3.8) is 0 Å². The Hall–Kier alpha value is -0.150. The third kappa shape index (κ3) is 16.5. The van der Waals surface area contributed by atoms with Crippen LogP contribution in [-0.4, -0.2) is 42.9 Å². The maximum atomic E-state index is 12.5. The molecule has 0 aromatic carbocycles. The van der Waals surface area contributed by atoms with Gasteiger partial charge in [0.1, 0.15) is 0 Å². The van der Waals surface area contributed by atoms with Crippen molar-refractivity contribution < 1.29 is 18.5 Å². The van der Waals surface area contributed by atoms with Crippen molar-refractivity contribution in [2.75, 3.05) is 27.7 Å². The van der Waals surface area contributed by atoms with Crippen LogP contribution in [-0.2, 0) is 9.09 Å². The zero-order valence-electron chi connectivity index (χ0n) is 20.9. The summed E-state index contributed by atoms with van der Waals surface area (Å²) in [7, 11) is 2.29. The minimum atomic E-state index is -3.55. The summed E-state index contributed by atoms with van der Waals surface area (Å²) in [5.41, 5.74) is 0. The number of nitrogens with zero attached hydrogens (tertiary/aromatic N) is 1. The maximum Gasteiger partial charge on any atom is 0.385 e. The quantitative estimate of drug-likeness (QED) is 0.0839. The molecular formula is C25H53NO3P+. The Morgan fingerprint density at radius 3 is 1.63 bits per heavy atom. The third-order valence-corrected chi connectivity index (χ3v) is 8.18. The van der Waals surface area contributed by atoms with Gasteiger partial charge in [-0.1, -0.05) is 90.2 Å². The minimum absolute atomic E-state index is 0.352. The highest BCUT2D eigenvalue weighted by Crippen LogP contribution is 2.51. The maximum absolute atomic E-state index is 12.5. The molecule has 0 fully saturated rings. The largest absolute Gasteiger partial charge is 0.385 e. The SMILES string of the molecule is CCCCCCCCCCC=CCCCCCCCOP(=O)(O)C(CC)[N+](C)(C)C. The van der Waals surface area contributed by atoms with E-state index in [1.807, 2.05) is 28.1 Å². The van der Waals surface area contributed by atoms with Gasteiger partial charge in [-0.15, -0.1) is 0 Å². The van der Waals surface area contributed by atoms with E-state index in [1.54, 1.807) is 0 Å². The van der Waals surface area contributed by atoms with Crippen LogP contribution in [0.15, 0.2) is 12.2 Å². The highest BCUT2D eigenvalue weighted by molar-refractivity contribution is 7.53. The van der Waals surface area contributed by atoms with Crippen LogP contribution in [0.4, 0.5) is 0 Å². The van der Waals surface area contributed by atoms with Crippen molar-refractivity contribution in [2.45, 2.75) is 122 Å². The first-order chi connectivity index (χ1) is 14.3. The molecule has 0 amide bonds. The van der Waals surface area contributed by atoms with Crippen LogP contribution in [0.25, 0.3) is 0 Å². The number of quaternary nitrogens is 1. The average Bonchev–Trinajstić information content (AvgIpc) is 2.66. The molecule has 0 heterocycles. The Morgan fingerprint density at radius 1 is 0.767 bits per heavy atom. The molecule has 0 saturated heterocycles. The molecule has 30 heavy (non-hydrogen) atoms. The molecule has 4 nitrogen and oxygen atoms in total. The first-order valence-electron chi connectivity index (χ1n) is 12.7. The fourth-order valence-electron chi connectivity index (χ4n) is 4.02. The molecule has 0 aliphatic heterocycles. The predicted octanol–water partition coefficient (Wildman–Crippen LogP) is 8.06. The standard InChI is InChI=1S/C25H52NO3P/c1-6-8-9-10-11-12-13-14-15-16-17-18-19-20-21-22-23-24-29-30(27,28)25(7-2)26(3,4)5/h16-17,25H,6-15,18-24H2,1-5H3/p+1. The van der Waals surface area contributed by atoms with Gasteiger partial charge < -0.3 is 13.9 Å². The van der Waals surface area contributed by atoms with E-state index < -0.39 is 7.60 Å². The molecule has 0 radical (unpaired) electrons. The zero-order valence-corrected chi connectivity index (χ0v) is 21.8. The molecule has 0 bridgehead atoms. The fourth-order valence-corrected chi connectivity index (χ4v) is 5.92. The Bertz CT molecular complexity index is 460. The van der Waals surface area contributed by atoms with Gasteiger partial charge in [-0.05, 0) is 32.1 Å². The van der Waals surface area contributed by atoms with Crippen molar-refractivity contribution in [2.24, 2.45) is 0 Å². The monoisotopic (exact) mass is 446 g/mol. The van der Waals surface area contributed by atoms with Crippen molar-refractivity contribution in [1.29, 1.82) is 0 Å². The number of unbranched alkanes of at least 4 members (excludes halogenated alkanes) is 13. The zero-order chi connectivity index (χ0) is 22.7. The van der Waals surface area contributed by atoms with E-state index in [0.29, 0.717) is 17.5 Å². The minimum Gasteiger partial charge on any atom is -0.320 e. The highest BCUT2D eigenvalue weighted by Gasteiger charge is 2.41. The van der Waals surface area contributed by atoms with Gasteiger partial charge in [0.05, 0.1) is 27.7 Å². The second-order valence-electron chi connectivity index (χ2n) is 9.69. The van der Waals surface area contributed by atoms with Gasteiger partial charge in [0.2, 0.25) is 0 Å². The molecule has 0 saturated carbocycles. The smallest absolute Gasteiger partial charge is 0.320 e. The van der Waals surface area contributed by atoms with Crippen molar-refractivity contribution >= 4 is 7.60 Å². The molecule has 0 aromatic rings. The van der Waals surface area contributed by atoms with Gasteiger partial charge in [-0.25, -0.2) is 0 Å².